The molecule has 1 aromatic rings. The van der Waals surface area contributed by atoms with E-state index in [1.54, 1.807) is 18.2 Å². The summed E-state index contributed by atoms with van der Waals surface area (Å²) in [4.78, 5) is 34.2. The van der Waals surface area contributed by atoms with Gasteiger partial charge < -0.3 is 19.4 Å². The molecule has 4 rings (SSSR count). The third kappa shape index (κ3) is 3.62. The van der Waals surface area contributed by atoms with Crippen LogP contribution in [0.4, 0.5) is 5.69 Å². The summed E-state index contributed by atoms with van der Waals surface area (Å²) in [6, 6.07) is 5.70. The molecular weight excluding hydrogens is 380 g/mol. The van der Waals surface area contributed by atoms with E-state index in [9.17, 15) is 9.59 Å². The summed E-state index contributed by atoms with van der Waals surface area (Å²) in [6.45, 7) is 2.92. The number of amidine groups is 1. The van der Waals surface area contributed by atoms with Gasteiger partial charge in [0, 0.05) is 49.7 Å². The van der Waals surface area contributed by atoms with Gasteiger partial charge >= 0.3 is 0 Å². The largest absolute Gasteiger partial charge is 0.495 e. The minimum absolute atomic E-state index is 0.0290. The summed E-state index contributed by atoms with van der Waals surface area (Å²) in [5.41, 5.74) is 1.91. The molecule has 0 saturated carbocycles. The van der Waals surface area contributed by atoms with Crippen LogP contribution in [0.1, 0.15) is 6.42 Å². The standard InChI is InChI=1S/C20H21ClN4O3/c1-28-17-12-15(4-5-16(17)21)23-7-9-24(10-8-23)19(27)13-25-6-2-3-14-11-18(26)22-20(14)25/h2-6,12H,7-11,13H2,1H3. The van der Waals surface area contributed by atoms with Crippen molar-refractivity contribution in [1.29, 1.82) is 0 Å². The highest BCUT2D eigenvalue weighted by atomic mass is 35.5. The van der Waals surface area contributed by atoms with Crippen LogP contribution in [0, 0.1) is 0 Å². The first-order valence-electron chi connectivity index (χ1n) is 9.17. The number of methoxy groups -OCH3 is 1. The van der Waals surface area contributed by atoms with Crippen molar-refractivity contribution in [2.75, 3.05) is 44.7 Å². The first-order chi connectivity index (χ1) is 13.5. The number of carbonyl (C=O) groups is 2. The van der Waals surface area contributed by atoms with Crippen LogP contribution in [-0.2, 0) is 9.59 Å². The lowest BCUT2D eigenvalue weighted by Gasteiger charge is -2.37. The van der Waals surface area contributed by atoms with Gasteiger partial charge in [0.2, 0.25) is 5.91 Å². The molecule has 28 heavy (non-hydrogen) atoms. The Hall–Kier alpha value is -2.80. The molecule has 0 bridgehead atoms. The molecular formula is C20H21ClN4O3. The van der Waals surface area contributed by atoms with E-state index in [1.165, 1.54) is 0 Å². The molecule has 3 aliphatic heterocycles. The van der Waals surface area contributed by atoms with E-state index in [0.29, 0.717) is 36.1 Å². The third-order valence-corrected chi connectivity index (χ3v) is 5.45. The molecule has 3 aliphatic rings. The molecule has 0 radical (unpaired) electrons. The van der Waals surface area contributed by atoms with E-state index >= 15 is 0 Å². The molecule has 0 aliphatic carbocycles. The van der Waals surface area contributed by atoms with Crippen molar-refractivity contribution in [3.8, 4) is 5.75 Å². The highest BCUT2D eigenvalue weighted by Gasteiger charge is 2.29. The number of allylic oxidation sites excluding steroid dienone is 2. The van der Waals surface area contributed by atoms with Gasteiger partial charge in [0.05, 0.1) is 18.6 Å². The Morgan fingerprint density at radius 2 is 2.04 bits per heavy atom. The molecule has 0 aromatic heterocycles. The molecule has 8 heteroatoms. The van der Waals surface area contributed by atoms with E-state index in [1.807, 2.05) is 35.3 Å². The highest BCUT2D eigenvalue weighted by molar-refractivity contribution is 6.32. The number of amides is 2. The monoisotopic (exact) mass is 400 g/mol. The van der Waals surface area contributed by atoms with Gasteiger partial charge in [-0.05, 0) is 18.2 Å². The number of aliphatic imine (C=N–C) groups is 1. The molecule has 1 saturated heterocycles. The van der Waals surface area contributed by atoms with E-state index in [0.717, 1.165) is 24.4 Å². The quantitative estimate of drug-likeness (QED) is 0.774. The second-order valence-corrected chi connectivity index (χ2v) is 7.26. The number of ether oxygens (including phenoxy) is 1. The lowest BCUT2D eigenvalue weighted by molar-refractivity contribution is -0.131. The Morgan fingerprint density at radius 3 is 2.79 bits per heavy atom. The Labute approximate surface area is 168 Å². The number of anilines is 1. The Kier molecular flexibility index (Phi) is 5.09. The second kappa shape index (κ2) is 7.67. The van der Waals surface area contributed by atoms with Crippen molar-refractivity contribution in [1.82, 2.24) is 9.80 Å². The van der Waals surface area contributed by atoms with E-state index in [-0.39, 0.29) is 18.4 Å². The van der Waals surface area contributed by atoms with Crippen LogP contribution in [0.3, 0.4) is 0 Å². The number of hydrogen-bond acceptors (Lipinski definition) is 5. The lowest BCUT2D eigenvalue weighted by atomic mass is 10.1. The van der Waals surface area contributed by atoms with Crippen LogP contribution in [0.2, 0.25) is 5.02 Å². The summed E-state index contributed by atoms with van der Waals surface area (Å²) < 4.78 is 5.29. The van der Waals surface area contributed by atoms with Gasteiger partial charge in [0.15, 0.2) is 0 Å². The smallest absolute Gasteiger partial charge is 0.252 e. The van der Waals surface area contributed by atoms with Crippen molar-refractivity contribution in [3.63, 3.8) is 0 Å². The number of benzene rings is 1. The zero-order chi connectivity index (χ0) is 19.7. The summed E-state index contributed by atoms with van der Waals surface area (Å²) in [5.74, 6) is 1.12. The first kappa shape index (κ1) is 18.6. The van der Waals surface area contributed by atoms with Gasteiger partial charge in [-0.3, -0.25) is 9.59 Å². The first-order valence-corrected chi connectivity index (χ1v) is 9.55. The molecule has 0 atom stereocenters. The Balaban J connectivity index is 1.36. The fourth-order valence-electron chi connectivity index (χ4n) is 3.62. The number of nitrogens with zero attached hydrogens (tertiary/aromatic N) is 4. The van der Waals surface area contributed by atoms with E-state index in [4.69, 9.17) is 16.3 Å². The van der Waals surface area contributed by atoms with Gasteiger partial charge in [0.1, 0.15) is 18.1 Å². The number of rotatable bonds is 4. The van der Waals surface area contributed by atoms with Crippen molar-refractivity contribution in [2.24, 2.45) is 4.99 Å². The molecule has 0 N–H and O–H groups in total. The normalized spacial score (nSPS) is 18.8. The molecule has 2 amide bonds. The highest BCUT2D eigenvalue weighted by Crippen LogP contribution is 2.30. The van der Waals surface area contributed by atoms with Crippen molar-refractivity contribution in [3.05, 3.63) is 47.1 Å². The average Bonchev–Trinajstić information content (AvgIpc) is 3.10. The molecule has 1 aromatic carbocycles. The maximum absolute atomic E-state index is 12.8. The SMILES string of the molecule is COc1cc(N2CCN(C(=O)CN3C=CC=C4CC(=O)N=C43)CC2)ccc1Cl. The number of halogens is 1. The topological polar surface area (TPSA) is 65.5 Å². The van der Waals surface area contributed by atoms with Crippen molar-refractivity contribution < 1.29 is 14.3 Å². The van der Waals surface area contributed by atoms with Crippen molar-refractivity contribution in [2.45, 2.75) is 6.42 Å². The number of hydrogen-bond donors (Lipinski definition) is 0. The van der Waals surface area contributed by atoms with Gasteiger partial charge in [0.25, 0.3) is 5.91 Å². The number of fused-ring (bicyclic) bond motifs is 1. The van der Waals surface area contributed by atoms with E-state index < -0.39 is 0 Å². The van der Waals surface area contributed by atoms with Crippen LogP contribution in [-0.4, -0.2) is 67.3 Å². The summed E-state index contributed by atoms with van der Waals surface area (Å²) >= 11 is 6.10. The van der Waals surface area contributed by atoms with Gasteiger partial charge in [-0.15, -0.1) is 0 Å². The van der Waals surface area contributed by atoms with Crippen LogP contribution in [0.25, 0.3) is 0 Å². The predicted molar refractivity (Wildman–Crippen MR) is 108 cm³/mol. The third-order valence-electron chi connectivity index (χ3n) is 5.13. The summed E-state index contributed by atoms with van der Waals surface area (Å²) in [6.07, 6.45) is 5.85. The number of carbonyl (C=O) groups excluding carboxylic acids is 2. The molecule has 7 nitrogen and oxygen atoms in total. The predicted octanol–water partition coefficient (Wildman–Crippen LogP) is 2.08. The van der Waals surface area contributed by atoms with Crippen molar-refractivity contribution >= 4 is 34.9 Å². The van der Waals surface area contributed by atoms with Gasteiger partial charge in [-0.2, -0.15) is 4.99 Å². The molecule has 146 valence electrons. The maximum atomic E-state index is 12.8. The van der Waals surface area contributed by atoms with Crippen LogP contribution in [0.15, 0.2) is 47.1 Å². The van der Waals surface area contributed by atoms with Crippen LogP contribution < -0.4 is 9.64 Å². The minimum atomic E-state index is -0.158. The van der Waals surface area contributed by atoms with Crippen LogP contribution in [0.5, 0.6) is 5.75 Å². The average molecular weight is 401 g/mol. The fraction of sp³-hybridized carbons (Fsp3) is 0.350. The summed E-state index contributed by atoms with van der Waals surface area (Å²) in [7, 11) is 1.60. The molecule has 1 fully saturated rings. The maximum Gasteiger partial charge on any atom is 0.252 e. The Bertz CT molecular complexity index is 901. The van der Waals surface area contributed by atoms with Gasteiger partial charge in [-0.25, -0.2) is 0 Å². The van der Waals surface area contributed by atoms with E-state index in [2.05, 4.69) is 9.89 Å². The summed E-state index contributed by atoms with van der Waals surface area (Å²) in [5, 5.41) is 0.580. The molecule has 3 heterocycles. The second-order valence-electron chi connectivity index (χ2n) is 6.85. The van der Waals surface area contributed by atoms with Crippen LogP contribution >= 0.6 is 11.6 Å². The molecule has 0 spiro atoms. The molecule has 0 unspecified atom stereocenters. The van der Waals surface area contributed by atoms with Gasteiger partial charge in [-0.1, -0.05) is 17.7 Å². The Morgan fingerprint density at radius 1 is 1.25 bits per heavy atom. The minimum Gasteiger partial charge on any atom is -0.495 e. The zero-order valence-electron chi connectivity index (χ0n) is 15.6. The number of piperazine rings is 1. The zero-order valence-corrected chi connectivity index (χ0v) is 16.4. The fourth-order valence-corrected chi connectivity index (χ4v) is 3.81. The lowest BCUT2D eigenvalue weighted by Crippen LogP contribution is -2.51.